The zero-order valence-corrected chi connectivity index (χ0v) is 43.7. The minimum Gasteiger partial charge on any atom is -0.332 e. The van der Waals surface area contributed by atoms with Crippen molar-refractivity contribution in [2.45, 2.75) is 73.0 Å². The van der Waals surface area contributed by atoms with Crippen LogP contribution in [0.2, 0.25) is 19.6 Å². The Morgan fingerprint density at radius 2 is 1.36 bits per heavy atom. The number of nitrogens with zero attached hydrogens (tertiary/aromatic N) is 3. The minimum atomic E-state index is -1.34. The predicted octanol–water partition coefficient (Wildman–Crippen LogP) is 16.1. The Kier molecular flexibility index (Phi) is 13.6. The molecule has 10 aromatic rings. The zero-order chi connectivity index (χ0) is 45.5. The summed E-state index contributed by atoms with van der Waals surface area (Å²) in [5.74, 6) is 1.58. The van der Waals surface area contributed by atoms with E-state index in [1.54, 1.807) is 11.3 Å². The third kappa shape index (κ3) is 9.70. The first kappa shape index (κ1) is 46.8. The van der Waals surface area contributed by atoms with Gasteiger partial charge in [0, 0.05) is 37.4 Å². The van der Waals surface area contributed by atoms with Gasteiger partial charge in [0.05, 0.1) is 30.6 Å². The van der Waals surface area contributed by atoms with Crippen LogP contribution in [0.5, 0.6) is 0 Å². The Balaban J connectivity index is 0.000000238. The molecule has 3 nitrogen and oxygen atoms in total. The van der Waals surface area contributed by atoms with E-state index in [2.05, 4.69) is 228 Å². The van der Waals surface area contributed by atoms with Gasteiger partial charge in [-0.15, -0.1) is 41.3 Å². The number of hydrogen-bond acceptors (Lipinski definition) is 3. The number of aryl methyl sites for hydroxylation is 1. The average Bonchev–Trinajstić information content (AvgIpc) is 3.89. The van der Waals surface area contributed by atoms with Crippen LogP contribution < -0.4 is 5.19 Å². The van der Waals surface area contributed by atoms with Gasteiger partial charge in [0.25, 0.3) is 0 Å². The second kappa shape index (κ2) is 19.2. The van der Waals surface area contributed by atoms with Crippen LogP contribution in [0.4, 0.5) is 0 Å². The predicted molar refractivity (Wildman–Crippen MR) is 283 cm³/mol. The smallest absolute Gasteiger partial charge is 0.0798 e. The van der Waals surface area contributed by atoms with Gasteiger partial charge >= 0.3 is 0 Å². The van der Waals surface area contributed by atoms with E-state index >= 15 is 0 Å². The summed E-state index contributed by atoms with van der Waals surface area (Å²) in [5, 5.41) is 8.86. The maximum Gasteiger partial charge on any atom is 0.0798 e. The molecule has 0 aliphatic heterocycles. The maximum absolute atomic E-state index is 5.35. The fourth-order valence-electron chi connectivity index (χ4n) is 8.89. The van der Waals surface area contributed by atoms with Crippen molar-refractivity contribution < 1.29 is 20.1 Å². The second-order valence-corrected chi connectivity index (χ2v) is 25.7. The van der Waals surface area contributed by atoms with E-state index in [4.69, 9.17) is 4.98 Å². The number of hydrogen-bond donors (Lipinski definition) is 0. The third-order valence-electron chi connectivity index (χ3n) is 12.2. The van der Waals surface area contributed by atoms with Crippen LogP contribution >= 0.6 is 11.3 Å². The van der Waals surface area contributed by atoms with E-state index in [0.717, 1.165) is 45.8 Å². The van der Waals surface area contributed by atoms with Crippen molar-refractivity contribution in [3.63, 3.8) is 0 Å². The first-order valence-electron chi connectivity index (χ1n) is 22.8. The van der Waals surface area contributed by atoms with E-state index in [-0.39, 0.29) is 25.5 Å². The Labute approximate surface area is 410 Å². The fraction of sp³-hybridized carbons (Fsp3) is 0.200. The van der Waals surface area contributed by atoms with Crippen molar-refractivity contribution >= 4 is 56.5 Å². The molecule has 7 aromatic carbocycles. The van der Waals surface area contributed by atoms with Crippen LogP contribution in [0.3, 0.4) is 0 Å². The number of thiophene rings is 1. The Morgan fingerprint density at radius 3 is 1.98 bits per heavy atom. The molecule has 0 aliphatic rings. The van der Waals surface area contributed by atoms with Crippen molar-refractivity contribution in [3.05, 3.63) is 192 Å². The SMILES string of the molecule is CC(C)Cc1cc(-c2[c-]cccc2)ncc1[Si](C)(C)C.Cc1ccc2cc3c(-c4nc5ccccc5n4-c4c(-c5ccccc5)cc(C(C)(C)C)cc4-c4ccccc4)[c-]sc3cc2c1.[Ir]. The van der Waals surface area contributed by atoms with Crippen molar-refractivity contribution in [1.82, 2.24) is 14.5 Å². The van der Waals surface area contributed by atoms with Gasteiger partial charge in [0.2, 0.25) is 0 Å². The molecule has 3 heterocycles. The molecule has 6 heteroatoms. The molecule has 0 saturated carbocycles. The van der Waals surface area contributed by atoms with E-state index in [1.165, 1.54) is 65.0 Å². The zero-order valence-electron chi connectivity index (χ0n) is 39.5. The number of para-hydroxylation sites is 2. The van der Waals surface area contributed by atoms with Gasteiger partial charge < -0.3 is 9.55 Å². The monoisotopic (exact) mass is 1070 g/mol. The summed E-state index contributed by atoms with van der Waals surface area (Å²) >= 11 is 1.67. The molecule has 0 bridgehead atoms. The van der Waals surface area contributed by atoms with Crippen LogP contribution in [0.25, 0.3) is 82.5 Å². The third-order valence-corrected chi connectivity index (χ3v) is 15.1. The standard InChI is InChI=1S/C42H33N2S.C18H24NSi.Ir/c1-27-19-20-30-22-35-36(26-45-39(35)23-31(30)21-27)41-43-37-17-11-12-18-38(37)44(41)40-33(28-13-7-5-8-14-28)24-32(42(2,3)4)25-34(40)29-15-9-6-10-16-29;1-14(2)11-16-12-17(15-9-7-6-8-10-15)19-13-18(16)20(3,4)5;/h5-25H,1-4H3;6-9,12-14H,11H2,1-5H3;/q2*-1;. The molecule has 0 aliphatic carbocycles. The summed E-state index contributed by atoms with van der Waals surface area (Å²) in [7, 11) is -1.34. The quantitative estimate of drug-likeness (QED) is 0.112. The van der Waals surface area contributed by atoms with E-state index < -0.39 is 8.07 Å². The Morgan fingerprint density at radius 1 is 0.712 bits per heavy atom. The second-order valence-electron chi connectivity index (χ2n) is 19.8. The van der Waals surface area contributed by atoms with Crippen LogP contribution in [-0.4, -0.2) is 22.6 Å². The van der Waals surface area contributed by atoms with Crippen LogP contribution in [0.1, 0.15) is 51.3 Å². The first-order valence-corrected chi connectivity index (χ1v) is 27.1. The molecule has 10 rings (SSSR count). The molecule has 1 radical (unpaired) electrons. The molecule has 0 atom stereocenters. The molecule has 0 spiro atoms. The average molecular weight is 1070 g/mol. The van der Waals surface area contributed by atoms with Crippen molar-refractivity contribution in [1.29, 1.82) is 0 Å². The number of imidazole rings is 1. The van der Waals surface area contributed by atoms with Crippen LogP contribution in [-0.2, 0) is 31.9 Å². The first-order chi connectivity index (χ1) is 31.2. The molecule has 333 valence electrons. The molecule has 0 amide bonds. The largest absolute Gasteiger partial charge is 0.332 e. The number of benzene rings is 7. The van der Waals surface area contributed by atoms with Crippen LogP contribution in [0, 0.1) is 24.3 Å². The molecule has 0 fully saturated rings. The van der Waals surface area contributed by atoms with Crippen molar-refractivity contribution in [2.75, 3.05) is 0 Å². The van der Waals surface area contributed by atoms with Crippen LogP contribution in [0.15, 0.2) is 164 Å². The minimum absolute atomic E-state index is 0. The van der Waals surface area contributed by atoms with Gasteiger partial charge in [0.1, 0.15) is 0 Å². The molecule has 3 aromatic heterocycles. The summed E-state index contributed by atoms with van der Waals surface area (Å²) in [4.78, 5) is 10.0. The number of aromatic nitrogens is 3. The Bertz CT molecular complexity index is 3220. The number of pyridine rings is 1. The molecular weight excluding hydrogens is 1020 g/mol. The molecule has 0 unspecified atom stereocenters. The van der Waals surface area contributed by atoms with Gasteiger partial charge in [-0.2, -0.15) is 0 Å². The van der Waals surface area contributed by atoms with Gasteiger partial charge in [-0.05, 0) is 87.3 Å². The molecule has 66 heavy (non-hydrogen) atoms. The van der Waals surface area contributed by atoms with Crippen molar-refractivity contribution in [3.8, 4) is 50.6 Å². The number of rotatable bonds is 8. The molecule has 0 N–H and O–H groups in total. The van der Waals surface area contributed by atoms with Gasteiger partial charge in [-0.3, -0.25) is 16.3 Å². The summed E-state index contributed by atoms with van der Waals surface area (Å²) in [6.07, 6.45) is 3.24. The van der Waals surface area contributed by atoms with Crippen molar-refractivity contribution in [2.24, 2.45) is 5.92 Å². The van der Waals surface area contributed by atoms with E-state index in [0.29, 0.717) is 5.92 Å². The summed E-state index contributed by atoms with van der Waals surface area (Å²) in [6, 6.07) is 59.8. The molecular formula is C60H57IrN3SSi-2. The van der Waals surface area contributed by atoms with Gasteiger partial charge in [-0.25, -0.2) is 0 Å². The normalized spacial score (nSPS) is 11.8. The summed E-state index contributed by atoms with van der Waals surface area (Å²) in [5.41, 5.74) is 15.1. The van der Waals surface area contributed by atoms with Gasteiger partial charge in [0.15, 0.2) is 0 Å². The topological polar surface area (TPSA) is 30.7 Å². The fourth-order valence-corrected chi connectivity index (χ4v) is 11.3. The Hall–Kier alpha value is -5.75. The summed E-state index contributed by atoms with van der Waals surface area (Å²) in [6.45, 7) is 20.8. The van der Waals surface area contributed by atoms with E-state index in [9.17, 15) is 0 Å². The maximum atomic E-state index is 5.35. The summed E-state index contributed by atoms with van der Waals surface area (Å²) < 4.78 is 3.61. The molecule has 0 saturated heterocycles. The van der Waals surface area contributed by atoms with E-state index in [1.807, 2.05) is 18.2 Å². The van der Waals surface area contributed by atoms with Gasteiger partial charge in [-0.1, -0.05) is 190 Å². The number of fused-ring (bicyclic) bond motifs is 3.